The average Bonchev–Trinajstić information content (AvgIpc) is 3.17. The van der Waals surface area contributed by atoms with E-state index in [9.17, 15) is 13.2 Å². The second-order valence-corrected chi connectivity index (χ2v) is 10.4. The Morgan fingerprint density at radius 2 is 1.97 bits per heavy atom. The number of ether oxygens (including phenoxy) is 1. The van der Waals surface area contributed by atoms with Gasteiger partial charge in [0.05, 0.1) is 30.3 Å². The maximum atomic E-state index is 12.7. The number of benzene rings is 2. The Kier molecular flexibility index (Phi) is 6.96. The third-order valence-corrected chi connectivity index (χ3v) is 6.29. The Labute approximate surface area is 206 Å². The number of nitrogens with one attached hydrogen (secondary N) is 4. The number of nitrogens with zero attached hydrogens (tertiary/aromatic N) is 1. The van der Waals surface area contributed by atoms with Gasteiger partial charge in [0.1, 0.15) is 11.9 Å². The molecular weight excluding hydrogens is 522 g/mol. The van der Waals surface area contributed by atoms with Crippen LogP contribution in [-0.2, 0) is 16.6 Å². The molecule has 3 aromatic rings. The topological polar surface area (TPSA) is 113 Å². The zero-order chi connectivity index (χ0) is 24.3. The van der Waals surface area contributed by atoms with E-state index in [-0.39, 0.29) is 0 Å². The van der Waals surface area contributed by atoms with Crippen molar-refractivity contribution in [2.75, 3.05) is 24.0 Å². The lowest BCUT2D eigenvalue weighted by Crippen LogP contribution is -2.42. The predicted octanol–water partition coefficient (Wildman–Crippen LogP) is 3.98. The minimum atomic E-state index is -3.35. The first kappa shape index (κ1) is 23.9. The van der Waals surface area contributed by atoms with Gasteiger partial charge in [-0.1, -0.05) is 22.0 Å². The van der Waals surface area contributed by atoms with Gasteiger partial charge in [0.15, 0.2) is 0 Å². The van der Waals surface area contributed by atoms with E-state index in [1.165, 1.54) is 0 Å². The molecule has 0 radical (unpaired) electrons. The third-order valence-electron chi connectivity index (χ3n) is 5.12. The summed E-state index contributed by atoms with van der Waals surface area (Å²) in [7, 11) is -1.80. The first-order valence-electron chi connectivity index (χ1n) is 10.3. The molecule has 0 aliphatic carbocycles. The van der Waals surface area contributed by atoms with Crippen LogP contribution < -0.4 is 25.4 Å². The molecule has 0 fully saturated rings. The minimum absolute atomic E-state index is 0.393. The number of halogens is 1. The molecule has 1 atom stereocenters. The molecule has 4 rings (SSSR count). The Morgan fingerprint density at radius 1 is 1.18 bits per heavy atom. The summed E-state index contributed by atoms with van der Waals surface area (Å²) < 4.78 is 33.8. The molecule has 2 heterocycles. The minimum Gasteiger partial charge on any atom is -0.495 e. The van der Waals surface area contributed by atoms with Crippen molar-refractivity contribution < 1.29 is 17.9 Å². The predicted molar refractivity (Wildman–Crippen MR) is 137 cm³/mol. The van der Waals surface area contributed by atoms with Gasteiger partial charge in [-0.05, 0) is 60.3 Å². The number of dihydropyridines is 1. The number of urea groups is 1. The highest BCUT2D eigenvalue weighted by Gasteiger charge is 2.15. The lowest BCUT2D eigenvalue weighted by atomic mass is 10.1. The highest BCUT2D eigenvalue weighted by molar-refractivity contribution is 9.10. The summed E-state index contributed by atoms with van der Waals surface area (Å²) in [5.74, 6) is 0.551. The molecule has 9 nitrogen and oxygen atoms in total. The van der Waals surface area contributed by atoms with Gasteiger partial charge in [0.2, 0.25) is 10.0 Å². The molecule has 11 heteroatoms. The Balaban J connectivity index is 1.51. The summed E-state index contributed by atoms with van der Waals surface area (Å²) in [6, 6.07) is 12.6. The van der Waals surface area contributed by atoms with Crippen molar-refractivity contribution in [3.8, 4) is 5.75 Å². The van der Waals surface area contributed by atoms with Gasteiger partial charge in [-0.15, -0.1) is 0 Å². The average molecular weight is 546 g/mol. The van der Waals surface area contributed by atoms with Gasteiger partial charge in [0, 0.05) is 22.6 Å². The first-order valence-corrected chi connectivity index (χ1v) is 13.0. The summed E-state index contributed by atoms with van der Waals surface area (Å²) >= 11 is 3.40. The van der Waals surface area contributed by atoms with Crippen LogP contribution in [0.1, 0.15) is 0 Å². The van der Waals surface area contributed by atoms with Crippen molar-refractivity contribution >= 4 is 54.3 Å². The van der Waals surface area contributed by atoms with E-state index in [1.54, 1.807) is 25.4 Å². The maximum Gasteiger partial charge on any atom is 0.323 e. The quantitative estimate of drug-likeness (QED) is 0.358. The lowest BCUT2D eigenvalue weighted by molar-refractivity contribution is 0.262. The molecule has 1 aromatic heterocycles. The van der Waals surface area contributed by atoms with Crippen LogP contribution in [-0.4, -0.2) is 38.5 Å². The van der Waals surface area contributed by atoms with E-state index < -0.39 is 22.2 Å². The van der Waals surface area contributed by atoms with E-state index in [0.29, 0.717) is 23.7 Å². The van der Waals surface area contributed by atoms with Crippen LogP contribution in [0.4, 0.5) is 16.2 Å². The molecule has 178 valence electrons. The van der Waals surface area contributed by atoms with Crippen molar-refractivity contribution in [3.63, 3.8) is 0 Å². The van der Waals surface area contributed by atoms with E-state index in [1.807, 2.05) is 53.2 Å². The number of carbonyl (C=O) groups is 1. The largest absolute Gasteiger partial charge is 0.495 e. The summed E-state index contributed by atoms with van der Waals surface area (Å²) in [5.41, 5.74) is 3.07. The van der Waals surface area contributed by atoms with Crippen LogP contribution in [0.15, 0.2) is 77.1 Å². The normalized spacial score (nSPS) is 15.5. The van der Waals surface area contributed by atoms with Crippen molar-refractivity contribution in [2.24, 2.45) is 0 Å². The number of anilines is 2. The van der Waals surface area contributed by atoms with Gasteiger partial charge in [-0.3, -0.25) is 0 Å². The number of aromatic nitrogens is 1. The van der Waals surface area contributed by atoms with Gasteiger partial charge in [-0.25, -0.2) is 13.2 Å². The fourth-order valence-electron chi connectivity index (χ4n) is 3.70. The van der Waals surface area contributed by atoms with Gasteiger partial charge in [-0.2, -0.15) is 4.72 Å². The number of sulfonamides is 1. The van der Waals surface area contributed by atoms with Crippen LogP contribution in [0.3, 0.4) is 0 Å². The van der Waals surface area contributed by atoms with E-state index >= 15 is 0 Å². The third kappa shape index (κ3) is 5.79. The number of hydrogen-bond donors (Lipinski definition) is 4. The van der Waals surface area contributed by atoms with E-state index in [0.717, 1.165) is 27.2 Å². The monoisotopic (exact) mass is 545 g/mol. The van der Waals surface area contributed by atoms with Gasteiger partial charge < -0.3 is 25.3 Å². The second kappa shape index (κ2) is 9.92. The van der Waals surface area contributed by atoms with Crippen LogP contribution in [0.5, 0.6) is 5.75 Å². The van der Waals surface area contributed by atoms with Crippen molar-refractivity contribution in [1.82, 2.24) is 14.6 Å². The Bertz CT molecular complexity index is 1400. The zero-order valence-corrected chi connectivity index (χ0v) is 20.9. The second-order valence-electron chi connectivity index (χ2n) is 7.72. The number of amides is 2. The van der Waals surface area contributed by atoms with Gasteiger partial charge in [0.25, 0.3) is 0 Å². The van der Waals surface area contributed by atoms with E-state index in [2.05, 4.69) is 36.6 Å². The smallest absolute Gasteiger partial charge is 0.323 e. The molecular formula is C23H24BrN5O4S. The van der Waals surface area contributed by atoms with Crippen LogP contribution in [0.25, 0.3) is 10.9 Å². The first-order chi connectivity index (χ1) is 16.2. The molecule has 34 heavy (non-hydrogen) atoms. The van der Waals surface area contributed by atoms with Crippen LogP contribution in [0, 0.1) is 0 Å². The molecule has 0 spiro atoms. The lowest BCUT2D eigenvalue weighted by Gasteiger charge is -2.20. The molecule has 0 bridgehead atoms. The Morgan fingerprint density at radius 3 is 2.74 bits per heavy atom. The van der Waals surface area contributed by atoms with Crippen molar-refractivity contribution in [3.05, 3.63) is 77.1 Å². The van der Waals surface area contributed by atoms with E-state index in [4.69, 9.17) is 4.74 Å². The number of fused-ring (bicyclic) bond motifs is 1. The zero-order valence-electron chi connectivity index (χ0n) is 18.5. The number of methoxy groups -OCH3 is 1. The number of carbonyl (C=O) groups excluding carboxylic acids is 1. The van der Waals surface area contributed by atoms with Crippen LogP contribution in [0.2, 0.25) is 0 Å². The molecule has 0 saturated carbocycles. The molecule has 2 amide bonds. The molecule has 0 saturated heterocycles. The Hall–Kier alpha value is -3.28. The summed E-state index contributed by atoms with van der Waals surface area (Å²) in [4.78, 5) is 12.7. The standard InChI is InChI=1S/C23H24BrN5O4S/c1-33-21-7-6-16(24)13-19(21)27-23(30)26-18-4-3-5-20-17(18)9-11-29(20)14-15-8-10-25-22(12-15)28-34(2,31)32/h3-13,22,25,28H,14H2,1-2H3,(H2,26,27,30). The molecule has 4 N–H and O–H groups in total. The SMILES string of the molecule is COc1ccc(Br)cc1NC(=O)Nc1cccc2c1ccn2CC1=CC(NS(C)(=O)=O)NC=C1. The number of allylic oxidation sites excluding steroid dienone is 2. The molecule has 2 aromatic carbocycles. The fraction of sp³-hybridized carbons (Fsp3) is 0.174. The summed E-state index contributed by atoms with van der Waals surface area (Å²) in [6.45, 7) is 0.536. The fourth-order valence-corrected chi connectivity index (χ4v) is 4.66. The molecule has 1 aliphatic rings. The highest BCUT2D eigenvalue weighted by Crippen LogP contribution is 2.29. The number of rotatable bonds is 7. The van der Waals surface area contributed by atoms with Crippen LogP contribution >= 0.6 is 15.9 Å². The summed E-state index contributed by atoms with van der Waals surface area (Å²) in [6.07, 6.45) is 7.99. The highest BCUT2D eigenvalue weighted by atomic mass is 79.9. The van der Waals surface area contributed by atoms with Gasteiger partial charge >= 0.3 is 6.03 Å². The van der Waals surface area contributed by atoms with Crippen molar-refractivity contribution in [1.29, 1.82) is 0 Å². The maximum absolute atomic E-state index is 12.7. The van der Waals surface area contributed by atoms with Crippen molar-refractivity contribution in [2.45, 2.75) is 12.7 Å². The molecule has 1 aliphatic heterocycles. The summed E-state index contributed by atoms with van der Waals surface area (Å²) in [5, 5.41) is 9.56. The number of hydrogen-bond acceptors (Lipinski definition) is 5. The molecule has 1 unspecified atom stereocenters.